The second kappa shape index (κ2) is 8.80. The first-order chi connectivity index (χ1) is 16.5. The number of benzene rings is 3. The number of rotatable bonds is 5. The average molecular weight is 470 g/mol. The fraction of sp³-hybridized carbons (Fsp3) is 0. The molecule has 0 unspecified atom stereocenters. The zero-order chi connectivity index (χ0) is 23.7. The van der Waals surface area contributed by atoms with Gasteiger partial charge in [0.15, 0.2) is 5.76 Å². The molecule has 0 saturated heterocycles. The standard InChI is InChI=1S/C26H16ClN3O4/c27-18-8-11-22-21(14-18)20(16-4-2-1-3-5-16)15-23(29-22)17-6-9-19(10-7-17)28-26(31)24-12-13-25(34-24)30(32)33/h1-15H,(H,28,31). The number of fused-ring (bicyclic) bond motifs is 1. The van der Waals surface area contributed by atoms with E-state index in [1.54, 1.807) is 12.1 Å². The van der Waals surface area contributed by atoms with E-state index in [4.69, 9.17) is 21.0 Å². The molecule has 0 aliphatic rings. The van der Waals surface area contributed by atoms with Gasteiger partial charge in [-0.15, -0.1) is 0 Å². The average Bonchev–Trinajstić information content (AvgIpc) is 3.36. The summed E-state index contributed by atoms with van der Waals surface area (Å²) in [5.74, 6) is -1.20. The van der Waals surface area contributed by atoms with Crippen molar-refractivity contribution >= 4 is 40.0 Å². The number of carbonyl (C=O) groups excluding carboxylic acids is 1. The van der Waals surface area contributed by atoms with Crippen molar-refractivity contribution in [3.8, 4) is 22.4 Å². The molecule has 166 valence electrons. The van der Waals surface area contributed by atoms with Crippen LogP contribution in [0, 0.1) is 10.1 Å². The van der Waals surface area contributed by atoms with Gasteiger partial charge in [0.1, 0.15) is 4.92 Å². The Morgan fingerprint density at radius 1 is 0.912 bits per heavy atom. The Morgan fingerprint density at radius 2 is 1.68 bits per heavy atom. The number of hydrogen-bond acceptors (Lipinski definition) is 5. The lowest BCUT2D eigenvalue weighted by molar-refractivity contribution is -0.402. The molecule has 1 N–H and O–H groups in total. The second-order valence-corrected chi connectivity index (χ2v) is 7.95. The number of carbonyl (C=O) groups is 1. The molecule has 0 fully saturated rings. The number of nitrogens with one attached hydrogen (secondary N) is 1. The minimum absolute atomic E-state index is 0.141. The highest BCUT2D eigenvalue weighted by Gasteiger charge is 2.17. The van der Waals surface area contributed by atoms with Gasteiger partial charge >= 0.3 is 5.88 Å². The molecule has 0 saturated carbocycles. The van der Waals surface area contributed by atoms with E-state index < -0.39 is 16.7 Å². The van der Waals surface area contributed by atoms with Crippen LogP contribution in [0.3, 0.4) is 0 Å². The van der Waals surface area contributed by atoms with E-state index in [9.17, 15) is 14.9 Å². The van der Waals surface area contributed by atoms with E-state index in [0.717, 1.165) is 39.4 Å². The first kappa shape index (κ1) is 21.4. The summed E-state index contributed by atoms with van der Waals surface area (Å²) >= 11 is 6.25. The van der Waals surface area contributed by atoms with Gasteiger partial charge in [-0.25, -0.2) is 4.98 Å². The Kier molecular flexibility index (Phi) is 5.53. The molecule has 7 nitrogen and oxygen atoms in total. The van der Waals surface area contributed by atoms with Gasteiger partial charge in [0, 0.05) is 21.7 Å². The van der Waals surface area contributed by atoms with Gasteiger partial charge in [0.05, 0.1) is 17.3 Å². The number of pyridine rings is 1. The van der Waals surface area contributed by atoms with Gasteiger partial charge < -0.3 is 9.73 Å². The molecule has 2 heterocycles. The van der Waals surface area contributed by atoms with Gasteiger partial charge in [-0.1, -0.05) is 54.1 Å². The Balaban J connectivity index is 1.46. The van der Waals surface area contributed by atoms with Gasteiger partial charge in [-0.3, -0.25) is 14.9 Å². The van der Waals surface area contributed by atoms with Gasteiger partial charge in [0.25, 0.3) is 5.91 Å². The summed E-state index contributed by atoms with van der Waals surface area (Å²) in [6.45, 7) is 0. The van der Waals surface area contributed by atoms with Crippen molar-refractivity contribution in [2.24, 2.45) is 0 Å². The number of halogens is 1. The predicted octanol–water partition coefficient (Wildman–Crippen LogP) is 6.98. The normalized spacial score (nSPS) is 10.9. The number of furan rings is 1. The van der Waals surface area contributed by atoms with E-state index in [1.807, 2.05) is 66.7 Å². The molecule has 5 rings (SSSR count). The molecule has 0 aliphatic carbocycles. The van der Waals surface area contributed by atoms with Crippen molar-refractivity contribution in [3.05, 3.63) is 112 Å². The molecule has 2 aromatic heterocycles. The summed E-state index contributed by atoms with van der Waals surface area (Å²) in [5.41, 5.74) is 5.03. The second-order valence-electron chi connectivity index (χ2n) is 7.51. The molecule has 0 spiro atoms. The third-order valence-electron chi connectivity index (χ3n) is 5.29. The van der Waals surface area contributed by atoms with Crippen LogP contribution < -0.4 is 5.32 Å². The minimum Gasteiger partial charge on any atom is -0.395 e. The van der Waals surface area contributed by atoms with E-state index in [2.05, 4.69) is 5.32 Å². The first-order valence-corrected chi connectivity index (χ1v) is 10.7. The summed E-state index contributed by atoms with van der Waals surface area (Å²) in [7, 11) is 0. The summed E-state index contributed by atoms with van der Waals surface area (Å²) in [4.78, 5) is 27.2. The molecular formula is C26H16ClN3O4. The molecule has 8 heteroatoms. The van der Waals surface area contributed by atoms with Crippen molar-refractivity contribution in [3.63, 3.8) is 0 Å². The Morgan fingerprint density at radius 3 is 2.38 bits per heavy atom. The summed E-state index contributed by atoms with van der Waals surface area (Å²) in [6, 6.07) is 27.2. The molecule has 0 atom stereocenters. The SMILES string of the molecule is O=C(Nc1ccc(-c2cc(-c3ccccc3)c3cc(Cl)ccc3n2)cc1)c1ccc([N+](=O)[O-])o1. The van der Waals surface area contributed by atoms with Crippen molar-refractivity contribution in [1.82, 2.24) is 4.98 Å². The smallest absolute Gasteiger partial charge is 0.395 e. The van der Waals surface area contributed by atoms with Crippen molar-refractivity contribution in [2.75, 3.05) is 5.32 Å². The van der Waals surface area contributed by atoms with E-state index in [1.165, 1.54) is 6.07 Å². The molecule has 0 radical (unpaired) electrons. The molecular weight excluding hydrogens is 454 g/mol. The molecule has 3 aromatic carbocycles. The number of amides is 1. The summed E-state index contributed by atoms with van der Waals surface area (Å²) in [5, 5.41) is 15.0. The van der Waals surface area contributed by atoms with E-state index in [0.29, 0.717) is 10.7 Å². The zero-order valence-electron chi connectivity index (χ0n) is 17.6. The first-order valence-electron chi connectivity index (χ1n) is 10.3. The van der Waals surface area contributed by atoms with Crippen LogP contribution >= 0.6 is 11.6 Å². The van der Waals surface area contributed by atoms with Crippen LogP contribution in [0.4, 0.5) is 11.6 Å². The Hall–Kier alpha value is -4.49. The number of nitrogens with zero attached hydrogens (tertiary/aromatic N) is 2. The van der Waals surface area contributed by atoms with Gasteiger partial charge in [0.2, 0.25) is 0 Å². The molecule has 5 aromatic rings. The van der Waals surface area contributed by atoms with Crippen molar-refractivity contribution in [2.45, 2.75) is 0 Å². The summed E-state index contributed by atoms with van der Waals surface area (Å²) in [6.07, 6.45) is 0. The third-order valence-corrected chi connectivity index (χ3v) is 5.52. The molecule has 1 amide bonds. The molecule has 0 bridgehead atoms. The van der Waals surface area contributed by atoms with Gasteiger partial charge in [-0.2, -0.15) is 0 Å². The van der Waals surface area contributed by atoms with Crippen LogP contribution in [-0.4, -0.2) is 15.8 Å². The van der Waals surface area contributed by atoms with E-state index in [-0.39, 0.29) is 5.76 Å². The maximum absolute atomic E-state index is 12.3. The van der Waals surface area contributed by atoms with Crippen molar-refractivity contribution in [1.29, 1.82) is 0 Å². The zero-order valence-corrected chi connectivity index (χ0v) is 18.3. The van der Waals surface area contributed by atoms with Crippen LogP contribution in [0.15, 0.2) is 95.4 Å². The lowest BCUT2D eigenvalue weighted by Crippen LogP contribution is -2.10. The van der Waals surface area contributed by atoms with Crippen LogP contribution in [0.5, 0.6) is 0 Å². The maximum atomic E-state index is 12.3. The monoisotopic (exact) mass is 469 g/mol. The largest absolute Gasteiger partial charge is 0.433 e. The van der Waals surface area contributed by atoms with Crippen LogP contribution in [0.1, 0.15) is 10.6 Å². The molecule has 0 aliphatic heterocycles. The lowest BCUT2D eigenvalue weighted by atomic mass is 9.98. The van der Waals surface area contributed by atoms with Gasteiger partial charge in [-0.05, 0) is 53.6 Å². The van der Waals surface area contributed by atoms with Crippen LogP contribution in [-0.2, 0) is 0 Å². The molecule has 34 heavy (non-hydrogen) atoms. The van der Waals surface area contributed by atoms with Crippen molar-refractivity contribution < 1.29 is 14.1 Å². The highest BCUT2D eigenvalue weighted by molar-refractivity contribution is 6.31. The number of aromatic nitrogens is 1. The number of nitro groups is 1. The Labute approximate surface area is 198 Å². The highest BCUT2D eigenvalue weighted by Crippen LogP contribution is 2.33. The maximum Gasteiger partial charge on any atom is 0.433 e. The highest BCUT2D eigenvalue weighted by atomic mass is 35.5. The predicted molar refractivity (Wildman–Crippen MR) is 131 cm³/mol. The Bertz CT molecular complexity index is 1530. The van der Waals surface area contributed by atoms with E-state index >= 15 is 0 Å². The number of anilines is 1. The lowest BCUT2D eigenvalue weighted by Gasteiger charge is -2.11. The minimum atomic E-state index is -0.695. The van der Waals surface area contributed by atoms with Crippen LogP contribution in [0.25, 0.3) is 33.3 Å². The topological polar surface area (TPSA) is 98.3 Å². The summed E-state index contributed by atoms with van der Waals surface area (Å²) < 4.78 is 4.95. The number of hydrogen-bond donors (Lipinski definition) is 1. The fourth-order valence-electron chi connectivity index (χ4n) is 3.67. The van der Waals surface area contributed by atoms with Crippen LogP contribution in [0.2, 0.25) is 5.02 Å². The fourth-order valence-corrected chi connectivity index (χ4v) is 3.84. The third kappa shape index (κ3) is 4.24. The quantitative estimate of drug-likeness (QED) is 0.221.